The highest BCUT2D eigenvalue weighted by molar-refractivity contribution is 5.22. The van der Waals surface area contributed by atoms with E-state index in [1.807, 2.05) is 6.92 Å². The highest BCUT2D eigenvalue weighted by atomic mass is 19.1. The van der Waals surface area contributed by atoms with Crippen molar-refractivity contribution in [2.75, 3.05) is 6.61 Å². The molecule has 1 aromatic carbocycles. The molecule has 1 atom stereocenters. The van der Waals surface area contributed by atoms with Gasteiger partial charge in [-0.2, -0.15) is 0 Å². The highest BCUT2D eigenvalue weighted by Gasteiger charge is 2.32. The number of nitrogens with one attached hydrogen (secondary N) is 1. The number of rotatable bonds is 6. The first-order valence-electron chi connectivity index (χ1n) is 6.66. The summed E-state index contributed by atoms with van der Waals surface area (Å²) in [6.45, 7) is 2.69. The minimum Gasteiger partial charge on any atom is -0.378 e. The summed E-state index contributed by atoms with van der Waals surface area (Å²) in [6, 6.07) is 3.10. The Labute approximate surface area is 112 Å². The third-order valence-corrected chi connectivity index (χ3v) is 3.70. The van der Waals surface area contributed by atoms with E-state index in [9.17, 15) is 8.78 Å². The first-order chi connectivity index (χ1) is 9.13. The summed E-state index contributed by atoms with van der Waals surface area (Å²) >= 11 is 0. The second-order valence-corrected chi connectivity index (χ2v) is 5.04. The topological polar surface area (TPSA) is 47.3 Å². The van der Waals surface area contributed by atoms with Gasteiger partial charge >= 0.3 is 0 Å². The number of nitrogens with two attached hydrogens (primary N) is 1. The number of halogens is 2. The van der Waals surface area contributed by atoms with Gasteiger partial charge in [0.1, 0.15) is 11.6 Å². The van der Waals surface area contributed by atoms with Crippen LogP contribution in [0.1, 0.15) is 37.8 Å². The molecule has 0 aliphatic heterocycles. The zero-order valence-electron chi connectivity index (χ0n) is 11.0. The normalized spacial score (nSPS) is 24.0. The number of hydrogen-bond donors (Lipinski definition) is 2. The Morgan fingerprint density at radius 1 is 1.42 bits per heavy atom. The van der Waals surface area contributed by atoms with Crippen molar-refractivity contribution >= 4 is 0 Å². The molecule has 0 radical (unpaired) electrons. The maximum absolute atomic E-state index is 13.7. The largest absolute Gasteiger partial charge is 0.378 e. The molecule has 0 saturated heterocycles. The molecule has 2 rings (SSSR count). The molecule has 0 amide bonds. The fourth-order valence-corrected chi connectivity index (χ4v) is 2.64. The van der Waals surface area contributed by atoms with E-state index in [0.29, 0.717) is 30.6 Å². The quantitative estimate of drug-likeness (QED) is 0.617. The second kappa shape index (κ2) is 6.41. The lowest BCUT2D eigenvalue weighted by Gasteiger charge is -2.37. The van der Waals surface area contributed by atoms with E-state index in [1.54, 1.807) is 0 Å². The van der Waals surface area contributed by atoms with Crippen molar-refractivity contribution in [2.24, 2.45) is 11.8 Å². The molecule has 0 spiro atoms. The van der Waals surface area contributed by atoms with Crippen molar-refractivity contribution in [3.63, 3.8) is 0 Å². The van der Waals surface area contributed by atoms with E-state index < -0.39 is 11.6 Å². The average molecular weight is 270 g/mol. The molecule has 3 N–H and O–H groups in total. The van der Waals surface area contributed by atoms with Crippen LogP contribution in [0.2, 0.25) is 0 Å². The van der Waals surface area contributed by atoms with E-state index in [1.165, 1.54) is 6.07 Å². The first-order valence-corrected chi connectivity index (χ1v) is 6.66. The molecule has 19 heavy (non-hydrogen) atoms. The summed E-state index contributed by atoms with van der Waals surface area (Å²) in [4.78, 5) is 0. The lowest BCUT2D eigenvalue weighted by Crippen LogP contribution is -2.37. The number of hydrazine groups is 1. The summed E-state index contributed by atoms with van der Waals surface area (Å²) in [5, 5.41) is 0. The van der Waals surface area contributed by atoms with E-state index in [4.69, 9.17) is 10.6 Å². The van der Waals surface area contributed by atoms with Crippen molar-refractivity contribution in [3.05, 3.63) is 35.4 Å². The molecule has 1 unspecified atom stereocenters. The molecule has 3 nitrogen and oxygen atoms in total. The van der Waals surface area contributed by atoms with Gasteiger partial charge in [-0.05, 0) is 50.3 Å². The van der Waals surface area contributed by atoms with Gasteiger partial charge in [-0.15, -0.1) is 0 Å². The van der Waals surface area contributed by atoms with Crippen molar-refractivity contribution in [3.8, 4) is 0 Å². The fourth-order valence-electron chi connectivity index (χ4n) is 2.64. The van der Waals surface area contributed by atoms with Crippen molar-refractivity contribution in [1.82, 2.24) is 5.43 Å². The van der Waals surface area contributed by atoms with Crippen LogP contribution in [0.4, 0.5) is 8.78 Å². The van der Waals surface area contributed by atoms with Gasteiger partial charge in [-0.1, -0.05) is 0 Å². The van der Waals surface area contributed by atoms with Crippen LogP contribution in [0.5, 0.6) is 0 Å². The summed E-state index contributed by atoms with van der Waals surface area (Å²) in [5.74, 6) is 5.05. The van der Waals surface area contributed by atoms with Crippen molar-refractivity contribution in [1.29, 1.82) is 0 Å². The van der Waals surface area contributed by atoms with Gasteiger partial charge in [0.15, 0.2) is 0 Å². The van der Waals surface area contributed by atoms with E-state index in [2.05, 4.69) is 5.43 Å². The van der Waals surface area contributed by atoms with Crippen LogP contribution in [0, 0.1) is 17.6 Å². The van der Waals surface area contributed by atoms with Crippen LogP contribution in [0.25, 0.3) is 0 Å². The molecule has 1 saturated carbocycles. The summed E-state index contributed by atoms with van der Waals surface area (Å²) in [5.41, 5.74) is 2.88. The average Bonchev–Trinajstić information content (AvgIpc) is 2.35. The predicted molar refractivity (Wildman–Crippen MR) is 69.2 cm³/mol. The van der Waals surface area contributed by atoms with Gasteiger partial charge in [0.05, 0.1) is 6.10 Å². The molecule has 1 fully saturated rings. The molecule has 0 heterocycles. The Balaban J connectivity index is 1.95. The maximum atomic E-state index is 13.7. The molecule has 1 aliphatic carbocycles. The molecule has 1 aliphatic rings. The molecular formula is C14H20F2N2O. The second-order valence-electron chi connectivity index (χ2n) is 5.04. The van der Waals surface area contributed by atoms with Crippen LogP contribution >= 0.6 is 0 Å². The molecular weight excluding hydrogens is 250 g/mol. The molecule has 1 aromatic rings. The van der Waals surface area contributed by atoms with Gasteiger partial charge in [0.2, 0.25) is 0 Å². The SMILES string of the molecule is CCOC1CC(CC(NN)c2cc(F)ccc2F)C1. The first kappa shape index (κ1) is 14.4. The minimum atomic E-state index is -0.447. The Kier molecular flexibility index (Phi) is 4.85. The van der Waals surface area contributed by atoms with Crippen LogP contribution < -0.4 is 11.3 Å². The van der Waals surface area contributed by atoms with E-state index in [0.717, 1.165) is 25.0 Å². The maximum Gasteiger partial charge on any atom is 0.128 e. The van der Waals surface area contributed by atoms with Gasteiger partial charge in [-0.3, -0.25) is 11.3 Å². The molecule has 0 aromatic heterocycles. The summed E-state index contributed by atoms with van der Waals surface area (Å²) in [6.07, 6.45) is 2.93. The molecule has 106 valence electrons. The monoisotopic (exact) mass is 270 g/mol. The van der Waals surface area contributed by atoms with E-state index in [-0.39, 0.29) is 6.04 Å². The minimum absolute atomic E-state index is 0.294. The smallest absolute Gasteiger partial charge is 0.128 e. The Bertz CT molecular complexity index is 422. The Morgan fingerprint density at radius 2 is 2.16 bits per heavy atom. The van der Waals surface area contributed by atoms with Crippen molar-refractivity contribution in [2.45, 2.75) is 38.3 Å². The third kappa shape index (κ3) is 3.49. The predicted octanol–water partition coefficient (Wildman–Crippen LogP) is 2.67. The van der Waals surface area contributed by atoms with Crippen LogP contribution in [0.3, 0.4) is 0 Å². The van der Waals surface area contributed by atoms with Gasteiger partial charge in [0.25, 0.3) is 0 Å². The number of ether oxygens (including phenoxy) is 1. The zero-order valence-corrected chi connectivity index (χ0v) is 11.0. The van der Waals surface area contributed by atoms with E-state index >= 15 is 0 Å². The molecule has 5 heteroatoms. The number of hydrogen-bond acceptors (Lipinski definition) is 3. The fraction of sp³-hybridized carbons (Fsp3) is 0.571. The Hall–Kier alpha value is -1.04. The standard InChI is InChI=1S/C14H20F2N2O/c1-2-19-11-5-9(6-11)7-14(18-17)12-8-10(15)3-4-13(12)16/h3-4,8-9,11,14,18H,2,5-7,17H2,1H3. The summed E-state index contributed by atoms with van der Waals surface area (Å²) < 4.78 is 32.4. The zero-order chi connectivity index (χ0) is 13.8. The van der Waals surface area contributed by atoms with Crippen LogP contribution in [-0.2, 0) is 4.74 Å². The molecule has 0 bridgehead atoms. The van der Waals surface area contributed by atoms with Crippen LogP contribution in [0.15, 0.2) is 18.2 Å². The highest BCUT2D eigenvalue weighted by Crippen LogP contribution is 2.37. The van der Waals surface area contributed by atoms with Crippen molar-refractivity contribution < 1.29 is 13.5 Å². The lowest BCUT2D eigenvalue weighted by molar-refractivity contribution is -0.0292. The summed E-state index contributed by atoms with van der Waals surface area (Å²) in [7, 11) is 0. The van der Waals surface area contributed by atoms with Crippen LogP contribution in [-0.4, -0.2) is 12.7 Å². The number of benzene rings is 1. The van der Waals surface area contributed by atoms with Gasteiger partial charge in [-0.25, -0.2) is 8.78 Å². The van der Waals surface area contributed by atoms with Gasteiger partial charge in [0, 0.05) is 18.2 Å². The lowest BCUT2D eigenvalue weighted by atomic mass is 9.77. The third-order valence-electron chi connectivity index (χ3n) is 3.70. The Morgan fingerprint density at radius 3 is 2.79 bits per heavy atom. The van der Waals surface area contributed by atoms with Gasteiger partial charge < -0.3 is 4.74 Å².